The number of nitro groups is 1. The van der Waals surface area contributed by atoms with E-state index >= 15 is 0 Å². The number of fused-ring (bicyclic) bond motifs is 1. The van der Waals surface area contributed by atoms with Gasteiger partial charge in [-0.05, 0) is 63.6 Å². The van der Waals surface area contributed by atoms with Crippen molar-refractivity contribution in [1.29, 1.82) is 0 Å². The number of pyridine rings is 1. The number of nitro benzene ring substituents is 1. The maximum atomic E-state index is 12.0. The molecule has 0 saturated carbocycles. The third-order valence-corrected chi connectivity index (χ3v) is 6.75. The number of benzene rings is 2. The number of nitrogens with one attached hydrogen (secondary N) is 2. The normalized spacial score (nSPS) is 16.6. The molecule has 2 aromatic heterocycles. The van der Waals surface area contributed by atoms with Crippen LogP contribution in [0.1, 0.15) is 32.3 Å². The van der Waals surface area contributed by atoms with Gasteiger partial charge in [0.25, 0.3) is 5.69 Å². The Kier molecular flexibility index (Phi) is 7.09. The van der Waals surface area contributed by atoms with E-state index in [0.717, 1.165) is 24.9 Å². The van der Waals surface area contributed by atoms with Crippen LogP contribution in [0.5, 0.6) is 5.75 Å². The van der Waals surface area contributed by atoms with E-state index in [0.29, 0.717) is 51.0 Å². The lowest BCUT2D eigenvalue weighted by atomic mass is 10.00. The fourth-order valence-electron chi connectivity index (χ4n) is 4.44. The predicted octanol–water partition coefficient (Wildman–Crippen LogP) is 5.89. The van der Waals surface area contributed by atoms with Crippen molar-refractivity contribution in [3.05, 3.63) is 75.7 Å². The smallest absolute Gasteiger partial charge is 0.285 e. The van der Waals surface area contributed by atoms with Crippen LogP contribution in [0.4, 0.5) is 17.2 Å². The van der Waals surface area contributed by atoms with Crippen molar-refractivity contribution >= 4 is 39.7 Å². The molecule has 1 fully saturated rings. The molecule has 10 heteroatoms. The van der Waals surface area contributed by atoms with E-state index in [-0.39, 0.29) is 11.2 Å². The van der Waals surface area contributed by atoms with Crippen LogP contribution in [-0.2, 0) is 0 Å². The van der Waals surface area contributed by atoms with E-state index < -0.39 is 4.92 Å². The van der Waals surface area contributed by atoms with Gasteiger partial charge in [-0.2, -0.15) is 0 Å². The summed E-state index contributed by atoms with van der Waals surface area (Å²) in [4.78, 5) is 24.6. The first kappa shape index (κ1) is 25.4. The maximum absolute atomic E-state index is 12.0. The van der Waals surface area contributed by atoms with Gasteiger partial charge < -0.3 is 15.4 Å². The summed E-state index contributed by atoms with van der Waals surface area (Å²) < 4.78 is 5.89. The van der Waals surface area contributed by atoms with Gasteiger partial charge in [-0.1, -0.05) is 29.5 Å². The van der Waals surface area contributed by atoms with Crippen LogP contribution in [0.2, 0.25) is 5.02 Å². The minimum atomic E-state index is -0.436. The third kappa shape index (κ3) is 5.09. The lowest BCUT2D eigenvalue weighted by Gasteiger charge is -2.17. The second-order valence-electron chi connectivity index (χ2n) is 9.06. The molecule has 2 N–H and O–H groups in total. The Labute approximate surface area is 224 Å². The first-order valence-electron chi connectivity index (χ1n) is 12.2. The summed E-state index contributed by atoms with van der Waals surface area (Å²) in [6.07, 6.45) is 5.00. The highest BCUT2D eigenvalue weighted by molar-refractivity contribution is 6.35. The molecule has 2 aromatic carbocycles. The van der Waals surface area contributed by atoms with Gasteiger partial charge >= 0.3 is 0 Å². The van der Waals surface area contributed by atoms with E-state index in [4.69, 9.17) is 16.3 Å². The molecule has 4 aromatic rings. The van der Waals surface area contributed by atoms with Crippen LogP contribution in [0.3, 0.4) is 0 Å². The van der Waals surface area contributed by atoms with Crippen LogP contribution < -0.4 is 15.4 Å². The molecule has 1 saturated heterocycles. The lowest BCUT2D eigenvalue weighted by molar-refractivity contribution is -0.385. The fraction of sp³-hybridized carbons (Fsp3) is 0.250. The lowest BCUT2D eigenvalue weighted by Crippen LogP contribution is -2.34. The molecule has 38 heavy (non-hydrogen) atoms. The predicted molar refractivity (Wildman–Crippen MR) is 148 cm³/mol. The largest absolute Gasteiger partial charge is 0.490 e. The fourth-order valence-corrected chi connectivity index (χ4v) is 4.75. The minimum absolute atomic E-state index is 0.113. The number of rotatable bonds is 6. The van der Waals surface area contributed by atoms with Crippen LogP contribution in [0, 0.1) is 22.0 Å². The minimum Gasteiger partial charge on any atom is -0.490 e. The van der Waals surface area contributed by atoms with Crippen LogP contribution in [0.15, 0.2) is 55.0 Å². The van der Waals surface area contributed by atoms with Gasteiger partial charge in [-0.3, -0.25) is 15.1 Å². The summed E-state index contributed by atoms with van der Waals surface area (Å²) in [5.74, 6) is 7.00. The van der Waals surface area contributed by atoms with Crippen molar-refractivity contribution < 1.29 is 9.66 Å². The monoisotopic (exact) mass is 528 g/mol. The van der Waals surface area contributed by atoms with Gasteiger partial charge in [0.2, 0.25) is 0 Å². The Morgan fingerprint density at radius 2 is 2.11 bits per heavy atom. The average molecular weight is 529 g/mol. The Hall–Kier alpha value is -4.26. The van der Waals surface area contributed by atoms with E-state index in [1.54, 1.807) is 12.3 Å². The Morgan fingerprint density at radius 1 is 1.24 bits per heavy atom. The zero-order chi connectivity index (χ0) is 26.7. The van der Waals surface area contributed by atoms with Gasteiger partial charge in [0.1, 0.15) is 17.7 Å². The van der Waals surface area contributed by atoms with Crippen LogP contribution in [0.25, 0.3) is 22.2 Å². The van der Waals surface area contributed by atoms with Gasteiger partial charge in [0.05, 0.1) is 39.0 Å². The molecule has 0 spiro atoms. The van der Waals surface area contributed by atoms with Gasteiger partial charge in [0.15, 0.2) is 5.75 Å². The van der Waals surface area contributed by atoms with Crippen molar-refractivity contribution in [2.75, 3.05) is 18.5 Å². The first-order chi connectivity index (χ1) is 18.4. The first-order valence-corrected chi connectivity index (χ1v) is 12.6. The van der Waals surface area contributed by atoms with E-state index in [9.17, 15) is 10.1 Å². The summed E-state index contributed by atoms with van der Waals surface area (Å²) in [6.45, 7) is 5.13. The summed E-state index contributed by atoms with van der Waals surface area (Å²) in [6, 6.07) is 12.3. The highest BCUT2D eigenvalue weighted by Gasteiger charge is 2.26. The molecule has 3 heterocycles. The molecule has 5 rings (SSSR count). The second-order valence-corrected chi connectivity index (χ2v) is 9.43. The Bertz CT molecular complexity index is 1580. The Morgan fingerprint density at radius 3 is 2.82 bits per heavy atom. The molecule has 9 nitrogen and oxygen atoms in total. The molecule has 192 valence electrons. The number of nitrogens with zero attached hydrogens (tertiary/aromatic N) is 4. The second kappa shape index (κ2) is 10.6. The molecule has 0 amide bonds. The molecule has 0 aliphatic carbocycles. The molecular weight excluding hydrogens is 504 g/mol. The number of aromatic nitrogens is 3. The molecule has 0 bridgehead atoms. The average Bonchev–Trinajstić information content (AvgIpc) is 3.36. The zero-order valence-electron chi connectivity index (χ0n) is 20.9. The van der Waals surface area contributed by atoms with Gasteiger partial charge in [-0.25, -0.2) is 9.97 Å². The summed E-state index contributed by atoms with van der Waals surface area (Å²) in [7, 11) is 0. The van der Waals surface area contributed by atoms with Crippen LogP contribution >= 0.6 is 11.6 Å². The number of ether oxygens (including phenoxy) is 1. The molecular formula is C28H25ClN6O3. The van der Waals surface area contributed by atoms with Crippen molar-refractivity contribution in [3.8, 4) is 28.8 Å². The van der Waals surface area contributed by atoms with Crippen molar-refractivity contribution in [1.82, 2.24) is 20.3 Å². The summed E-state index contributed by atoms with van der Waals surface area (Å²) in [5.41, 5.74) is 2.34. The van der Waals surface area contributed by atoms with E-state index in [1.807, 2.05) is 44.2 Å². The van der Waals surface area contributed by atoms with Crippen molar-refractivity contribution in [2.24, 2.45) is 0 Å². The summed E-state index contributed by atoms with van der Waals surface area (Å²) in [5, 5.41) is 19.4. The highest BCUT2D eigenvalue weighted by atomic mass is 35.5. The standard InChI is InChI=1S/C28H25ClN6O3/c1-3-38-26-22(9-8-19(25(26)29)21-7-4-5-13-30-21)34-27-20-16-24(35(36)37)18(15-23(20)31-17-32-27)10-12-28(2)11-6-14-33-28/h4-5,7-9,13,15-17,33H,3,6,11,14H2,1-2H3,(H,31,32,34)/t28-/m1/s1. The maximum Gasteiger partial charge on any atom is 0.285 e. The highest BCUT2D eigenvalue weighted by Crippen LogP contribution is 2.42. The number of hydrogen-bond acceptors (Lipinski definition) is 8. The summed E-state index contributed by atoms with van der Waals surface area (Å²) >= 11 is 6.75. The van der Waals surface area contributed by atoms with Gasteiger partial charge in [0, 0.05) is 23.2 Å². The zero-order valence-corrected chi connectivity index (χ0v) is 21.7. The number of hydrogen-bond donors (Lipinski definition) is 2. The molecule has 1 aliphatic rings. The quantitative estimate of drug-likeness (QED) is 0.181. The van der Waals surface area contributed by atoms with Gasteiger partial charge in [-0.15, -0.1) is 0 Å². The van der Waals surface area contributed by atoms with Crippen molar-refractivity contribution in [3.63, 3.8) is 0 Å². The molecule has 0 radical (unpaired) electrons. The molecule has 0 unspecified atom stereocenters. The van der Waals surface area contributed by atoms with Crippen molar-refractivity contribution in [2.45, 2.75) is 32.2 Å². The number of halogens is 1. The topological polar surface area (TPSA) is 115 Å². The van der Waals surface area contributed by atoms with E-state index in [2.05, 4.69) is 37.4 Å². The SMILES string of the molecule is CCOc1c(Nc2ncnc3cc(C#C[C@@]4(C)CCCN4)c([N+](=O)[O-])cc23)ccc(-c2ccccn2)c1Cl. The molecule has 1 aliphatic heterocycles. The third-order valence-electron chi connectivity index (χ3n) is 6.37. The van der Waals surface area contributed by atoms with Crippen LogP contribution in [-0.4, -0.2) is 38.6 Å². The Balaban J connectivity index is 1.57. The molecule has 1 atom stereocenters. The number of anilines is 2. The van der Waals surface area contributed by atoms with E-state index in [1.165, 1.54) is 12.4 Å².